The number of anilines is 1. The Labute approximate surface area is 208 Å². The van der Waals surface area contributed by atoms with E-state index in [2.05, 4.69) is 10.2 Å². The third kappa shape index (κ3) is 3.75. The number of carbonyl (C=O) groups excluding carboxylic acids is 2. The summed E-state index contributed by atoms with van der Waals surface area (Å²) in [4.78, 5) is 53.2. The molecule has 36 heavy (non-hydrogen) atoms. The van der Waals surface area contributed by atoms with Gasteiger partial charge in [0.2, 0.25) is 11.8 Å². The summed E-state index contributed by atoms with van der Waals surface area (Å²) >= 11 is 0. The van der Waals surface area contributed by atoms with E-state index in [-0.39, 0.29) is 40.9 Å². The number of benzene rings is 1. The van der Waals surface area contributed by atoms with Gasteiger partial charge in [0, 0.05) is 80.7 Å². The maximum absolute atomic E-state index is 13.6. The van der Waals surface area contributed by atoms with E-state index in [0.29, 0.717) is 39.0 Å². The van der Waals surface area contributed by atoms with Crippen LogP contribution in [0.1, 0.15) is 36.4 Å². The lowest BCUT2D eigenvalue weighted by molar-refractivity contribution is -0.384. The van der Waals surface area contributed by atoms with Gasteiger partial charge in [0.15, 0.2) is 0 Å². The minimum Gasteiger partial charge on any atom is -0.366 e. The molecular formula is C26H29N5O5. The Balaban J connectivity index is 1.32. The van der Waals surface area contributed by atoms with E-state index < -0.39 is 10.8 Å². The van der Waals surface area contributed by atoms with Crippen molar-refractivity contribution in [1.82, 2.24) is 14.8 Å². The summed E-state index contributed by atoms with van der Waals surface area (Å²) in [7, 11) is 0. The number of non-ortho nitro benzene ring substituents is 1. The van der Waals surface area contributed by atoms with Crippen molar-refractivity contribution >= 4 is 23.2 Å². The molecule has 1 aromatic heterocycles. The lowest BCUT2D eigenvalue weighted by Crippen LogP contribution is -2.61. The van der Waals surface area contributed by atoms with Gasteiger partial charge >= 0.3 is 0 Å². The van der Waals surface area contributed by atoms with Gasteiger partial charge in [-0.15, -0.1) is 0 Å². The second kappa shape index (κ2) is 8.76. The Morgan fingerprint density at radius 3 is 2.81 bits per heavy atom. The molecule has 2 amide bonds. The number of nitro groups is 1. The minimum atomic E-state index is -0.402. The van der Waals surface area contributed by atoms with Crippen LogP contribution in [0.15, 0.2) is 41.2 Å². The molecule has 2 bridgehead atoms. The van der Waals surface area contributed by atoms with Crippen molar-refractivity contribution in [3.05, 3.63) is 68.1 Å². The summed E-state index contributed by atoms with van der Waals surface area (Å²) in [6.07, 6.45) is 2.72. The highest BCUT2D eigenvalue weighted by Crippen LogP contribution is 2.47. The number of likely N-dealkylation sites (tertiary alicyclic amines) is 1. The van der Waals surface area contributed by atoms with Gasteiger partial charge < -0.3 is 19.7 Å². The second-order valence-corrected chi connectivity index (χ2v) is 10.4. The van der Waals surface area contributed by atoms with Crippen LogP contribution in [0, 0.1) is 22.0 Å². The monoisotopic (exact) mass is 491 g/mol. The van der Waals surface area contributed by atoms with Crippen molar-refractivity contribution in [2.75, 3.05) is 31.1 Å². The molecule has 2 aromatic rings. The molecule has 1 N–H and O–H groups in total. The Morgan fingerprint density at radius 2 is 2.03 bits per heavy atom. The van der Waals surface area contributed by atoms with Gasteiger partial charge in [0.1, 0.15) is 0 Å². The SMILES string of the molecule is O=C(NCCN1CCCC1=O)[C@@H]1Cc2cc([N+](=O)[O-])ccc2N2C[C@@H]3C[C@@H](Cn4c3cccc4=O)[C@@H]12. The molecule has 2 saturated heterocycles. The Morgan fingerprint density at radius 1 is 1.17 bits per heavy atom. The van der Waals surface area contributed by atoms with E-state index in [1.165, 1.54) is 6.07 Å². The molecule has 0 radical (unpaired) electrons. The standard InChI is InChI=1S/C26H29N5O5/c32-23-5-2-9-28(23)10-8-27-26(34)20-13-16-12-19(31(35)36)6-7-22(16)30-14-17-11-18(25(20)30)15-29-21(17)3-1-4-24(29)33/h1,3-4,6-7,12,17-18,20,25H,2,5,8-11,13-15H2,(H,27,34)/t17-,18-,20+,25-/m0/s1. The number of fused-ring (bicyclic) bond motifs is 8. The fourth-order valence-electron chi connectivity index (χ4n) is 6.84. The van der Waals surface area contributed by atoms with Gasteiger partial charge in [0.05, 0.1) is 10.8 Å². The summed E-state index contributed by atoms with van der Waals surface area (Å²) in [5, 5.41) is 14.5. The molecular weight excluding hydrogens is 462 g/mol. The van der Waals surface area contributed by atoms with Crippen molar-refractivity contribution < 1.29 is 14.5 Å². The molecule has 0 spiro atoms. The van der Waals surface area contributed by atoms with Crippen molar-refractivity contribution in [2.24, 2.45) is 11.8 Å². The van der Waals surface area contributed by atoms with E-state index in [1.807, 2.05) is 16.7 Å². The molecule has 0 unspecified atom stereocenters. The number of hydrogen-bond acceptors (Lipinski definition) is 6. The van der Waals surface area contributed by atoms with Crippen molar-refractivity contribution in [1.29, 1.82) is 0 Å². The molecule has 1 aromatic carbocycles. The largest absolute Gasteiger partial charge is 0.366 e. The number of piperidine rings is 1. The molecule has 2 fully saturated rings. The predicted molar refractivity (Wildman–Crippen MR) is 132 cm³/mol. The Bertz CT molecular complexity index is 1310. The fourth-order valence-corrected chi connectivity index (χ4v) is 6.84. The molecule has 6 rings (SSSR count). The predicted octanol–water partition coefficient (Wildman–Crippen LogP) is 1.66. The fraction of sp³-hybridized carbons (Fsp3) is 0.500. The summed E-state index contributed by atoms with van der Waals surface area (Å²) in [6.45, 7) is 2.80. The van der Waals surface area contributed by atoms with Crippen LogP contribution in [0.2, 0.25) is 0 Å². The first-order valence-corrected chi connectivity index (χ1v) is 12.7. The number of aromatic nitrogens is 1. The van der Waals surface area contributed by atoms with E-state index in [0.717, 1.165) is 36.3 Å². The van der Waals surface area contributed by atoms with Crippen LogP contribution >= 0.6 is 0 Å². The van der Waals surface area contributed by atoms with Gasteiger partial charge in [-0.1, -0.05) is 6.07 Å². The van der Waals surface area contributed by atoms with Crippen LogP contribution in [0.25, 0.3) is 0 Å². The van der Waals surface area contributed by atoms with E-state index in [4.69, 9.17) is 0 Å². The topological polar surface area (TPSA) is 118 Å². The third-order valence-corrected chi connectivity index (χ3v) is 8.39. The van der Waals surface area contributed by atoms with E-state index in [1.54, 1.807) is 23.1 Å². The smallest absolute Gasteiger partial charge is 0.269 e. The Kier molecular flexibility index (Phi) is 5.54. The molecule has 188 valence electrons. The summed E-state index contributed by atoms with van der Waals surface area (Å²) < 4.78 is 1.86. The van der Waals surface area contributed by atoms with Crippen LogP contribution < -0.4 is 15.8 Å². The number of nitrogens with one attached hydrogen (secondary N) is 1. The Hall–Kier alpha value is -3.69. The zero-order valence-corrected chi connectivity index (χ0v) is 20.0. The average molecular weight is 492 g/mol. The van der Waals surface area contributed by atoms with Gasteiger partial charge in [-0.2, -0.15) is 0 Å². The van der Waals surface area contributed by atoms with Gasteiger partial charge in [-0.25, -0.2) is 0 Å². The highest BCUT2D eigenvalue weighted by Gasteiger charge is 2.49. The normalized spacial score (nSPS) is 26.2. The number of pyridine rings is 1. The molecule has 0 saturated carbocycles. The number of amides is 2. The van der Waals surface area contributed by atoms with Crippen molar-refractivity contribution in [3.63, 3.8) is 0 Å². The molecule has 10 nitrogen and oxygen atoms in total. The van der Waals surface area contributed by atoms with Gasteiger partial charge in [0.25, 0.3) is 11.2 Å². The van der Waals surface area contributed by atoms with E-state index in [9.17, 15) is 24.5 Å². The van der Waals surface area contributed by atoms with Crippen LogP contribution in [0.5, 0.6) is 0 Å². The third-order valence-electron chi connectivity index (χ3n) is 8.39. The summed E-state index contributed by atoms with van der Waals surface area (Å²) in [6, 6.07) is 10.2. The number of rotatable bonds is 5. The van der Waals surface area contributed by atoms with Crippen LogP contribution in [0.3, 0.4) is 0 Å². The second-order valence-electron chi connectivity index (χ2n) is 10.4. The number of nitro benzene ring substituents is 1. The lowest BCUT2D eigenvalue weighted by Gasteiger charge is -2.54. The van der Waals surface area contributed by atoms with Crippen LogP contribution in [-0.4, -0.2) is 58.4 Å². The highest BCUT2D eigenvalue weighted by molar-refractivity contribution is 5.82. The molecule has 4 aliphatic rings. The quantitative estimate of drug-likeness (QED) is 0.502. The first-order valence-electron chi connectivity index (χ1n) is 12.7. The lowest BCUT2D eigenvalue weighted by atomic mass is 9.70. The first kappa shape index (κ1) is 22.8. The van der Waals surface area contributed by atoms with Crippen molar-refractivity contribution in [3.8, 4) is 0 Å². The molecule has 4 aliphatic heterocycles. The number of carbonyl (C=O) groups is 2. The molecule has 4 atom stereocenters. The van der Waals surface area contributed by atoms with E-state index >= 15 is 0 Å². The first-order chi connectivity index (χ1) is 17.4. The van der Waals surface area contributed by atoms with Crippen LogP contribution in [-0.2, 0) is 22.6 Å². The average Bonchev–Trinajstić information content (AvgIpc) is 3.28. The minimum absolute atomic E-state index is 0.0150. The molecule has 5 heterocycles. The molecule has 0 aliphatic carbocycles. The van der Waals surface area contributed by atoms with Gasteiger partial charge in [-0.3, -0.25) is 24.5 Å². The number of nitrogens with zero attached hydrogens (tertiary/aromatic N) is 4. The summed E-state index contributed by atoms with van der Waals surface area (Å²) in [5.74, 6) is -0.117. The molecule has 10 heteroatoms. The summed E-state index contributed by atoms with van der Waals surface area (Å²) in [5.41, 5.74) is 2.77. The van der Waals surface area contributed by atoms with Gasteiger partial charge in [-0.05, 0) is 42.9 Å². The highest BCUT2D eigenvalue weighted by atomic mass is 16.6. The maximum atomic E-state index is 13.6. The number of hydrogen-bond donors (Lipinski definition) is 1. The zero-order valence-electron chi connectivity index (χ0n) is 20.0. The zero-order chi connectivity index (χ0) is 25.0. The maximum Gasteiger partial charge on any atom is 0.269 e. The van der Waals surface area contributed by atoms with Crippen molar-refractivity contribution in [2.45, 2.75) is 44.2 Å². The van der Waals surface area contributed by atoms with Crippen LogP contribution in [0.4, 0.5) is 11.4 Å².